The summed E-state index contributed by atoms with van der Waals surface area (Å²) < 4.78 is 15.0. The van der Waals surface area contributed by atoms with Crippen LogP contribution in [-0.2, 0) is 19.5 Å². The molecule has 0 fully saturated rings. The van der Waals surface area contributed by atoms with E-state index < -0.39 is 0 Å². The Morgan fingerprint density at radius 2 is 1.88 bits per heavy atom. The molecular weight excluding hydrogens is 331 g/mol. The summed E-state index contributed by atoms with van der Waals surface area (Å²) in [5, 5.41) is 9.87. The SMILES string of the molecule is O=C(NCCc1cccc(F)c1)NCc1ccccc1Cn1cccn1. The fourth-order valence-electron chi connectivity index (χ4n) is 2.70. The number of urea groups is 1. The summed E-state index contributed by atoms with van der Waals surface area (Å²) in [6.07, 6.45) is 4.23. The molecule has 1 aromatic heterocycles. The lowest BCUT2D eigenvalue weighted by atomic mass is 10.1. The Hall–Kier alpha value is -3.15. The zero-order valence-electron chi connectivity index (χ0n) is 14.4. The molecule has 0 bridgehead atoms. The van der Waals surface area contributed by atoms with E-state index in [0.717, 1.165) is 16.7 Å². The van der Waals surface area contributed by atoms with Crippen LogP contribution < -0.4 is 10.6 Å². The third-order valence-electron chi connectivity index (χ3n) is 4.04. The summed E-state index contributed by atoms with van der Waals surface area (Å²) in [6.45, 7) is 1.54. The highest BCUT2D eigenvalue weighted by atomic mass is 19.1. The van der Waals surface area contributed by atoms with Crippen molar-refractivity contribution in [3.05, 3.63) is 89.5 Å². The van der Waals surface area contributed by atoms with Crippen LogP contribution in [0.15, 0.2) is 67.0 Å². The van der Waals surface area contributed by atoms with E-state index >= 15 is 0 Å². The maximum atomic E-state index is 13.1. The molecule has 3 rings (SSSR count). The smallest absolute Gasteiger partial charge is 0.315 e. The van der Waals surface area contributed by atoms with Crippen molar-refractivity contribution in [1.29, 1.82) is 0 Å². The van der Waals surface area contributed by atoms with E-state index in [1.54, 1.807) is 12.3 Å². The molecule has 0 aliphatic heterocycles. The van der Waals surface area contributed by atoms with Crippen LogP contribution in [0.3, 0.4) is 0 Å². The van der Waals surface area contributed by atoms with Crippen molar-refractivity contribution in [2.75, 3.05) is 6.54 Å². The second kappa shape index (κ2) is 8.80. The van der Waals surface area contributed by atoms with Gasteiger partial charge in [0.15, 0.2) is 0 Å². The quantitative estimate of drug-likeness (QED) is 0.686. The zero-order chi connectivity index (χ0) is 18.2. The number of rotatable bonds is 7. The van der Waals surface area contributed by atoms with Gasteiger partial charge < -0.3 is 10.6 Å². The highest BCUT2D eigenvalue weighted by molar-refractivity contribution is 5.73. The van der Waals surface area contributed by atoms with Crippen molar-refractivity contribution < 1.29 is 9.18 Å². The van der Waals surface area contributed by atoms with Gasteiger partial charge in [0, 0.05) is 25.5 Å². The number of nitrogens with one attached hydrogen (secondary N) is 2. The number of carbonyl (C=O) groups excluding carboxylic acids is 1. The molecule has 3 aromatic rings. The van der Waals surface area contributed by atoms with Crippen LogP contribution in [0.25, 0.3) is 0 Å². The normalized spacial score (nSPS) is 10.5. The van der Waals surface area contributed by atoms with Crippen molar-refractivity contribution in [1.82, 2.24) is 20.4 Å². The summed E-state index contributed by atoms with van der Waals surface area (Å²) in [7, 11) is 0. The monoisotopic (exact) mass is 352 g/mol. The third kappa shape index (κ3) is 5.17. The topological polar surface area (TPSA) is 59.0 Å². The van der Waals surface area contributed by atoms with Crippen molar-refractivity contribution in [2.24, 2.45) is 0 Å². The molecule has 0 aliphatic rings. The summed E-state index contributed by atoms with van der Waals surface area (Å²) >= 11 is 0. The molecule has 2 amide bonds. The van der Waals surface area contributed by atoms with Crippen molar-refractivity contribution >= 4 is 6.03 Å². The van der Waals surface area contributed by atoms with Crippen LogP contribution in [0.4, 0.5) is 9.18 Å². The van der Waals surface area contributed by atoms with Crippen molar-refractivity contribution in [3.63, 3.8) is 0 Å². The highest BCUT2D eigenvalue weighted by Gasteiger charge is 2.05. The van der Waals surface area contributed by atoms with Gasteiger partial charge in [-0.2, -0.15) is 5.10 Å². The number of amides is 2. The Labute approximate surface area is 151 Å². The minimum Gasteiger partial charge on any atom is -0.338 e. The maximum Gasteiger partial charge on any atom is 0.315 e. The Morgan fingerprint density at radius 1 is 1.04 bits per heavy atom. The lowest BCUT2D eigenvalue weighted by molar-refractivity contribution is 0.240. The molecule has 2 aromatic carbocycles. The molecule has 0 saturated carbocycles. The van der Waals surface area contributed by atoms with Crippen LogP contribution in [0.1, 0.15) is 16.7 Å². The van der Waals surface area contributed by atoms with E-state index in [1.165, 1.54) is 12.1 Å². The fourth-order valence-corrected chi connectivity index (χ4v) is 2.70. The number of aromatic nitrogens is 2. The minimum absolute atomic E-state index is 0.240. The average Bonchev–Trinajstić information content (AvgIpc) is 3.14. The van der Waals surface area contributed by atoms with Crippen LogP contribution >= 0.6 is 0 Å². The second-order valence-electron chi connectivity index (χ2n) is 5.96. The molecule has 0 saturated heterocycles. The van der Waals surface area contributed by atoms with Gasteiger partial charge in [0.25, 0.3) is 0 Å². The van der Waals surface area contributed by atoms with Crippen LogP contribution in [0, 0.1) is 5.82 Å². The standard InChI is InChI=1S/C20H21FN4O/c21-19-8-3-5-16(13-19)9-11-22-20(26)23-14-17-6-1-2-7-18(17)15-25-12-4-10-24-25/h1-8,10,12-13H,9,11,14-15H2,(H2,22,23,26). The summed E-state index contributed by atoms with van der Waals surface area (Å²) in [4.78, 5) is 12.0. The van der Waals surface area contributed by atoms with E-state index in [-0.39, 0.29) is 11.8 Å². The molecule has 2 N–H and O–H groups in total. The number of benzene rings is 2. The molecule has 6 heteroatoms. The predicted octanol–water partition coefficient (Wildman–Crippen LogP) is 3.11. The molecule has 0 atom stereocenters. The summed E-state index contributed by atoms with van der Waals surface area (Å²) in [5.41, 5.74) is 3.01. The van der Waals surface area contributed by atoms with Gasteiger partial charge in [-0.05, 0) is 41.3 Å². The largest absolute Gasteiger partial charge is 0.338 e. The molecular formula is C20H21FN4O. The number of hydrogen-bond acceptors (Lipinski definition) is 2. The van der Waals surface area contributed by atoms with Gasteiger partial charge in [-0.15, -0.1) is 0 Å². The summed E-state index contributed by atoms with van der Waals surface area (Å²) in [5.74, 6) is -0.263. The van der Waals surface area contributed by atoms with Crippen LogP contribution in [0.5, 0.6) is 0 Å². The summed E-state index contributed by atoms with van der Waals surface area (Å²) in [6, 6.07) is 16.0. The van der Waals surface area contributed by atoms with Crippen molar-refractivity contribution in [2.45, 2.75) is 19.5 Å². The van der Waals surface area contributed by atoms with E-state index in [9.17, 15) is 9.18 Å². The predicted molar refractivity (Wildman–Crippen MR) is 98.1 cm³/mol. The first-order chi connectivity index (χ1) is 12.7. The van der Waals surface area contributed by atoms with Gasteiger partial charge >= 0.3 is 6.03 Å². The first kappa shape index (κ1) is 17.7. The number of carbonyl (C=O) groups is 1. The molecule has 0 unspecified atom stereocenters. The third-order valence-corrected chi connectivity index (χ3v) is 4.04. The van der Waals surface area contributed by atoms with Gasteiger partial charge in [-0.1, -0.05) is 36.4 Å². The van der Waals surface area contributed by atoms with Gasteiger partial charge in [-0.3, -0.25) is 4.68 Å². The van der Waals surface area contributed by atoms with Gasteiger partial charge in [0.05, 0.1) is 6.54 Å². The molecule has 26 heavy (non-hydrogen) atoms. The van der Waals surface area contributed by atoms with E-state index in [0.29, 0.717) is 26.1 Å². The minimum atomic E-state index is -0.263. The first-order valence-corrected chi connectivity index (χ1v) is 8.51. The Bertz CT molecular complexity index is 849. The van der Waals surface area contributed by atoms with Gasteiger partial charge in [0.1, 0.15) is 5.82 Å². The van der Waals surface area contributed by atoms with E-state index in [4.69, 9.17) is 0 Å². The molecule has 0 aliphatic carbocycles. The van der Waals surface area contributed by atoms with Crippen molar-refractivity contribution in [3.8, 4) is 0 Å². The number of nitrogens with zero attached hydrogens (tertiary/aromatic N) is 2. The van der Waals surface area contributed by atoms with Gasteiger partial charge in [0.2, 0.25) is 0 Å². The number of halogens is 1. The van der Waals surface area contributed by atoms with E-state index in [1.807, 2.05) is 47.3 Å². The Balaban J connectivity index is 1.47. The highest BCUT2D eigenvalue weighted by Crippen LogP contribution is 2.10. The Kier molecular flexibility index (Phi) is 5.98. The van der Waals surface area contributed by atoms with Crippen LogP contribution in [-0.4, -0.2) is 22.4 Å². The first-order valence-electron chi connectivity index (χ1n) is 8.51. The van der Waals surface area contributed by atoms with Gasteiger partial charge in [-0.25, -0.2) is 9.18 Å². The molecule has 5 nitrogen and oxygen atoms in total. The lowest BCUT2D eigenvalue weighted by Gasteiger charge is -2.12. The molecule has 0 radical (unpaired) electrons. The number of hydrogen-bond donors (Lipinski definition) is 2. The van der Waals surface area contributed by atoms with E-state index in [2.05, 4.69) is 15.7 Å². The second-order valence-corrected chi connectivity index (χ2v) is 5.96. The molecule has 134 valence electrons. The fraction of sp³-hybridized carbons (Fsp3) is 0.200. The molecule has 0 spiro atoms. The lowest BCUT2D eigenvalue weighted by Crippen LogP contribution is -2.36. The zero-order valence-corrected chi connectivity index (χ0v) is 14.4. The van der Waals surface area contributed by atoms with Crippen LogP contribution in [0.2, 0.25) is 0 Å². The molecule has 1 heterocycles. The Morgan fingerprint density at radius 3 is 2.65 bits per heavy atom. The maximum absolute atomic E-state index is 13.1. The average molecular weight is 352 g/mol.